The van der Waals surface area contributed by atoms with Crippen molar-refractivity contribution in [1.82, 2.24) is 25.6 Å². The molecular formula is C50H41N5O5S3. The second kappa shape index (κ2) is 18.9. The zero-order valence-electron chi connectivity index (χ0n) is 33.6. The van der Waals surface area contributed by atoms with Gasteiger partial charge in [0.25, 0.3) is 11.8 Å². The molecule has 9 rings (SSSR count). The number of nitrogens with one attached hydrogen (secondary N) is 2. The van der Waals surface area contributed by atoms with E-state index in [9.17, 15) is 14.7 Å². The molecule has 0 spiro atoms. The number of benzene rings is 6. The lowest BCUT2D eigenvalue weighted by Crippen LogP contribution is -2.70. The van der Waals surface area contributed by atoms with Gasteiger partial charge in [-0.2, -0.15) is 10.3 Å². The molecule has 6 aromatic carbocycles. The van der Waals surface area contributed by atoms with Gasteiger partial charge < -0.3 is 15.2 Å². The molecule has 0 aliphatic carbocycles. The number of hydrogen-bond acceptors (Lipinski definition) is 10. The molecule has 10 nitrogen and oxygen atoms in total. The number of aromatic amines is 1. The molecular weight excluding hydrogens is 847 g/mol. The number of H-pyrrole nitrogens is 1. The van der Waals surface area contributed by atoms with E-state index in [0.717, 1.165) is 27.8 Å². The quantitative estimate of drug-likeness (QED) is 0.0302. The van der Waals surface area contributed by atoms with Gasteiger partial charge in [-0.05, 0) is 33.4 Å². The summed E-state index contributed by atoms with van der Waals surface area (Å²) in [6, 6.07) is 57.4. The number of rotatable bonds is 15. The largest absolute Gasteiger partial charge is 0.448 e. The van der Waals surface area contributed by atoms with Crippen LogP contribution >= 0.6 is 35.3 Å². The Morgan fingerprint density at radius 2 is 1.19 bits per heavy atom. The maximum Gasteiger partial charge on any atom is 0.356 e. The van der Waals surface area contributed by atoms with E-state index in [-0.39, 0.29) is 5.70 Å². The van der Waals surface area contributed by atoms with Crippen molar-refractivity contribution in [1.29, 1.82) is 0 Å². The Labute approximate surface area is 377 Å². The number of carbonyl (C=O) groups excluding carboxylic acids is 3. The van der Waals surface area contributed by atoms with E-state index in [1.165, 1.54) is 40.2 Å². The number of thioether (sulfide) groups is 3. The number of nitrogens with zero attached hydrogens (tertiary/aromatic N) is 3. The molecule has 314 valence electrons. The number of aromatic nitrogens is 3. The van der Waals surface area contributed by atoms with E-state index in [2.05, 4.69) is 57.1 Å². The maximum absolute atomic E-state index is 15.2. The number of carbonyl (C=O) groups is 3. The van der Waals surface area contributed by atoms with E-state index in [4.69, 9.17) is 4.74 Å². The molecule has 7 aromatic rings. The van der Waals surface area contributed by atoms with Crippen molar-refractivity contribution in [2.45, 2.75) is 38.6 Å². The number of fused-ring (bicyclic) bond motifs is 1. The molecule has 1 unspecified atom stereocenters. The molecule has 2 amide bonds. The first kappa shape index (κ1) is 41.9. The highest BCUT2D eigenvalue weighted by Crippen LogP contribution is 2.56. The molecule has 2 aliphatic heterocycles. The van der Waals surface area contributed by atoms with Crippen molar-refractivity contribution in [3.05, 3.63) is 232 Å². The number of amides is 2. The van der Waals surface area contributed by atoms with Crippen molar-refractivity contribution in [2.75, 3.05) is 5.75 Å². The lowest BCUT2D eigenvalue weighted by atomic mass is 9.70. The van der Waals surface area contributed by atoms with Gasteiger partial charge in [0, 0.05) is 10.7 Å². The van der Waals surface area contributed by atoms with Crippen LogP contribution in [0.1, 0.15) is 45.6 Å². The molecule has 0 radical (unpaired) electrons. The predicted molar refractivity (Wildman–Crippen MR) is 247 cm³/mol. The van der Waals surface area contributed by atoms with E-state index in [1.54, 1.807) is 36.5 Å². The SMILES string of the molecule is O=C(OC(c1ccccc1)c1ccccc1)C1=C(SC(Sc2cn[nH]n2)C(c2ccccc2)(c2ccccc2)c2ccccc2)CS[C@@H]2[C@H](NC(=O)[C@H](O)c3ccccc3)C(=O)N12. The highest BCUT2D eigenvalue weighted by atomic mass is 32.2. The Bertz CT molecular complexity index is 2540. The Morgan fingerprint density at radius 3 is 1.67 bits per heavy atom. The van der Waals surface area contributed by atoms with Gasteiger partial charge in [-0.15, -0.1) is 28.6 Å². The molecule has 0 bridgehead atoms. The first-order chi connectivity index (χ1) is 30.9. The van der Waals surface area contributed by atoms with E-state index in [1.807, 2.05) is 115 Å². The smallest absolute Gasteiger partial charge is 0.356 e. The molecule has 13 heteroatoms. The summed E-state index contributed by atoms with van der Waals surface area (Å²) in [7, 11) is 0. The van der Waals surface area contributed by atoms with Gasteiger partial charge in [-0.25, -0.2) is 4.79 Å². The molecule has 3 N–H and O–H groups in total. The molecule has 63 heavy (non-hydrogen) atoms. The summed E-state index contributed by atoms with van der Waals surface area (Å²) in [6.07, 6.45) is -0.599. The van der Waals surface area contributed by atoms with Crippen molar-refractivity contribution in [2.24, 2.45) is 0 Å². The zero-order chi connectivity index (χ0) is 43.2. The van der Waals surface area contributed by atoms with Crippen LogP contribution in [0.2, 0.25) is 0 Å². The Kier molecular flexibility index (Phi) is 12.6. The van der Waals surface area contributed by atoms with Crippen LogP contribution in [0.3, 0.4) is 0 Å². The van der Waals surface area contributed by atoms with Crippen LogP contribution in [-0.2, 0) is 24.5 Å². The summed E-state index contributed by atoms with van der Waals surface area (Å²) in [6.45, 7) is 0. The topological polar surface area (TPSA) is 138 Å². The third-order valence-electron chi connectivity index (χ3n) is 11.1. The lowest BCUT2D eigenvalue weighted by Gasteiger charge is -2.50. The first-order valence-electron chi connectivity index (χ1n) is 20.3. The number of β-lactam (4-membered cyclic amide) rings is 1. The first-order valence-corrected chi connectivity index (χ1v) is 23.1. The van der Waals surface area contributed by atoms with Crippen LogP contribution in [0.5, 0.6) is 0 Å². The van der Waals surface area contributed by atoms with Gasteiger partial charge >= 0.3 is 5.97 Å². The van der Waals surface area contributed by atoms with Crippen LogP contribution in [0, 0.1) is 0 Å². The van der Waals surface area contributed by atoms with Crippen LogP contribution in [0.15, 0.2) is 204 Å². The van der Waals surface area contributed by atoms with Gasteiger partial charge in [0.15, 0.2) is 12.2 Å². The second-order valence-corrected chi connectivity index (χ2v) is 18.6. The van der Waals surface area contributed by atoms with Crippen LogP contribution in [0.25, 0.3) is 0 Å². The molecule has 1 fully saturated rings. The predicted octanol–water partition coefficient (Wildman–Crippen LogP) is 8.67. The monoisotopic (exact) mass is 887 g/mol. The minimum absolute atomic E-state index is 0.105. The number of ether oxygens (including phenoxy) is 1. The number of esters is 1. The number of hydrogen-bond donors (Lipinski definition) is 3. The zero-order valence-corrected chi connectivity index (χ0v) is 36.1. The molecule has 0 saturated carbocycles. The Balaban J connectivity index is 1.18. The standard InChI is InChI=1S/C50H41N5O5S3/c56-43(33-19-7-1-8-20-33)45(57)52-41-46(58)55-42(48(59)60-44(34-21-9-2-10-22-34)35-23-11-3-12-24-35)39(32-61-47(41)55)62-49(63-40-31-51-54-53-40)50(36-25-13-4-14-26-36,37-27-15-5-16-28-37)38-29-17-6-18-30-38/h1-31,41,43-44,47,49,56H,32H2,(H,52,57)(H,51,53,54)/t41-,43-,47-,49?/m1/s1. The average Bonchev–Trinajstić information content (AvgIpc) is 3.87. The summed E-state index contributed by atoms with van der Waals surface area (Å²) in [5, 5.41) is 25.2. The third kappa shape index (κ3) is 8.44. The van der Waals surface area contributed by atoms with E-state index < -0.39 is 51.4 Å². The molecule has 1 saturated heterocycles. The van der Waals surface area contributed by atoms with Crippen molar-refractivity contribution < 1.29 is 24.2 Å². The number of aliphatic hydroxyl groups is 1. The summed E-state index contributed by atoms with van der Waals surface area (Å²) in [5.74, 6) is -1.56. The molecule has 1 aromatic heterocycles. The number of aliphatic hydroxyl groups excluding tert-OH is 1. The van der Waals surface area contributed by atoms with Crippen molar-refractivity contribution >= 4 is 53.1 Å². The normalized spacial score (nSPS) is 17.0. The molecule has 3 heterocycles. The summed E-state index contributed by atoms with van der Waals surface area (Å²) < 4.78 is 6.10. The van der Waals surface area contributed by atoms with E-state index >= 15 is 4.79 Å². The fourth-order valence-electron chi connectivity index (χ4n) is 8.14. The van der Waals surface area contributed by atoms with Crippen LogP contribution < -0.4 is 5.32 Å². The van der Waals surface area contributed by atoms with Gasteiger partial charge in [-0.3, -0.25) is 14.5 Å². The van der Waals surface area contributed by atoms with Gasteiger partial charge in [0.1, 0.15) is 22.1 Å². The van der Waals surface area contributed by atoms with Crippen molar-refractivity contribution in [3.63, 3.8) is 0 Å². The second-order valence-electron chi connectivity index (χ2n) is 14.9. The fourth-order valence-corrected chi connectivity index (χ4v) is 12.8. The minimum Gasteiger partial charge on any atom is -0.448 e. The van der Waals surface area contributed by atoms with Gasteiger partial charge in [0.05, 0.1) is 16.2 Å². The maximum atomic E-state index is 15.2. The molecule has 2 aliphatic rings. The Morgan fingerprint density at radius 1 is 0.714 bits per heavy atom. The van der Waals surface area contributed by atoms with Crippen LogP contribution in [-0.4, -0.2) is 65.0 Å². The summed E-state index contributed by atoms with van der Waals surface area (Å²) >= 11 is 4.44. The third-order valence-corrected chi connectivity index (χ3v) is 15.4. The average molecular weight is 888 g/mol. The highest BCUT2D eigenvalue weighted by molar-refractivity contribution is 8.19. The van der Waals surface area contributed by atoms with Gasteiger partial charge in [-0.1, -0.05) is 194 Å². The summed E-state index contributed by atoms with van der Waals surface area (Å²) in [4.78, 5) is 45.3. The van der Waals surface area contributed by atoms with Crippen molar-refractivity contribution in [3.8, 4) is 0 Å². The molecule has 4 atom stereocenters. The van der Waals surface area contributed by atoms with Gasteiger partial charge in [0.2, 0.25) is 0 Å². The van der Waals surface area contributed by atoms with E-state index in [0.29, 0.717) is 21.2 Å². The highest BCUT2D eigenvalue weighted by Gasteiger charge is 2.56. The minimum atomic E-state index is -1.48. The summed E-state index contributed by atoms with van der Waals surface area (Å²) in [5.41, 5.74) is 4.20. The fraction of sp³-hybridized carbons (Fsp3) is 0.140. The van der Waals surface area contributed by atoms with Crippen LogP contribution in [0.4, 0.5) is 0 Å². The lowest BCUT2D eigenvalue weighted by molar-refractivity contribution is -0.155. The Hall–Kier alpha value is -6.38.